The highest BCUT2D eigenvalue weighted by atomic mass is 19.4. The van der Waals surface area contributed by atoms with Crippen LogP contribution in [0.25, 0.3) is 11.2 Å². The predicted molar refractivity (Wildman–Crippen MR) is 116 cm³/mol. The lowest BCUT2D eigenvalue weighted by molar-refractivity contribution is -0.137. The minimum atomic E-state index is -4.41. The Hall–Kier alpha value is -3.05. The first-order chi connectivity index (χ1) is 16.2. The van der Waals surface area contributed by atoms with Crippen LogP contribution in [-0.4, -0.2) is 57.3 Å². The fourth-order valence-electron chi connectivity index (χ4n) is 4.96. The molecule has 2 fully saturated rings. The monoisotopic (exact) mass is 481 g/mol. The molecule has 182 valence electrons. The molecule has 0 aliphatic carbocycles. The molecule has 12 heteroatoms. The Morgan fingerprint density at radius 2 is 1.59 bits per heavy atom. The molecule has 34 heavy (non-hydrogen) atoms. The van der Waals surface area contributed by atoms with Crippen LogP contribution in [0.2, 0.25) is 0 Å². The average Bonchev–Trinajstić information content (AvgIpc) is 3.21. The fourth-order valence-corrected chi connectivity index (χ4v) is 4.96. The van der Waals surface area contributed by atoms with Gasteiger partial charge in [0.2, 0.25) is 0 Å². The lowest BCUT2D eigenvalue weighted by Gasteiger charge is -2.47. The smallest absolute Gasteiger partial charge is 0.370 e. The highest BCUT2D eigenvalue weighted by Gasteiger charge is 2.38. The summed E-state index contributed by atoms with van der Waals surface area (Å²) in [5, 5.41) is 3.96. The zero-order valence-corrected chi connectivity index (χ0v) is 18.3. The second kappa shape index (κ2) is 8.62. The zero-order chi connectivity index (χ0) is 23.9. The number of hydrogen-bond donors (Lipinski definition) is 0. The lowest BCUT2D eigenvalue weighted by Crippen LogP contribution is -2.47. The molecular formula is C22H24F5N7. The maximum Gasteiger partial charge on any atom is 0.417 e. The fraction of sp³-hybridized carbons (Fsp3) is 0.545. The molecular weight excluding hydrogens is 457 g/mol. The third-order valence-electron chi connectivity index (χ3n) is 7.03. The largest absolute Gasteiger partial charge is 0.417 e. The second-order valence-corrected chi connectivity index (χ2v) is 9.06. The van der Waals surface area contributed by atoms with E-state index in [-0.39, 0.29) is 5.41 Å². The van der Waals surface area contributed by atoms with Gasteiger partial charge in [-0.05, 0) is 37.2 Å². The molecule has 2 saturated heterocycles. The van der Waals surface area contributed by atoms with E-state index in [4.69, 9.17) is 0 Å². The van der Waals surface area contributed by atoms with Crippen molar-refractivity contribution < 1.29 is 22.0 Å². The van der Waals surface area contributed by atoms with Gasteiger partial charge in [-0.3, -0.25) is 4.98 Å². The number of nitrogens with zero attached hydrogens (tertiary/aromatic N) is 7. The van der Waals surface area contributed by atoms with Crippen LogP contribution in [0.3, 0.4) is 0 Å². The summed E-state index contributed by atoms with van der Waals surface area (Å²) >= 11 is 0. The van der Waals surface area contributed by atoms with Crippen molar-refractivity contribution in [2.75, 3.05) is 36.0 Å². The number of aromatic nitrogens is 5. The lowest BCUT2D eigenvalue weighted by atomic mass is 9.71. The number of rotatable bonds is 4. The molecule has 0 aromatic carbocycles. The van der Waals surface area contributed by atoms with Crippen molar-refractivity contribution in [2.24, 2.45) is 5.41 Å². The summed E-state index contributed by atoms with van der Waals surface area (Å²) in [5.74, 6) is 0.644. The number of piperidine rings is 2. The van der Waals surface area contributed by atoms with Gasteiger partial charge in [0.05, 0.1) is 29.8 Å². The molecule has 2 aliphatic heterocycles. The van der Waals surface area contributed by atoms with Crippen LogP contribution in [0.15, 0.2) is 30.9 Å². The Morgan fingerprint density at radius 3 is 2.24 bits per heavy atom. The molecule has 2 aliphatic rings. The summed E-state index contributed by atoms with van der Waals surface area (Å²) in [7, 11) is 0. The molecule has 3 aromatic heterocycles. The van der Waals surface area contributed by atoms with Gasteiger partial charge in [0.25, 0.3) is 6.43 Å². The standard InChI is InChI=1S/C22H24F5N7/c23-18(24)14-34-20-17(12-30-34)29-13-19(31-20)33-7-3-21(4-8-33)1-5-32(6-2-21)16-9-15(10-28-11-16)22(25,26)27/h9-13,18H,1-8,14H2. The third kappa shape index (κ3) is 4.49. The normalized spacial score (nSPS) is 18.9. The van der Waals surface area contributed by atoms with Crippen LogP contribution in [0.5, 0.6) is 0 Å². The molecule has 0 radical (unpaired) electrons. The molecule has 0 saturated carbocycles. The summed E-state index contributed by atoms with van der Waals surface area (Å²) in [4.78, 5) is 16.8. The summed E-state index contributed by atoms with van der Waals surface area (Å²) in [6.45, 7) is 2.36. The summed E-state index contributed by atoms with van der Waals surface area (Å²) in [6, 6.07) is 1.17. The van der Waals surface area contributed by atoms with Gasteiger partial charge in [-0.2, -0.15) is 18.3 Å². The highest BCUT2D eigenvalue weighted by Crippen LogP contribution is 2.43. The number of anilines is 2. The Bertz CT molecular complexity index is 1140. The van der Waals surface area contributed by atoms with Gasteiger partial charge in [-0.1, -0.05) is 0 Å². The molecule has 5 heterocycles. The van der Waals surface area contributed by atoms with E-state index in [0.717, 1.165) is 45.0 Å². The topological polar surface area (TPSA) is 63.0 Å². The van der Waals surface area contributed by atoms with E-state index in [0.29, 0.717) is 35.8 Å². The summed E-state index contributed by atoms with van der Waals surface area (Å²) in [5.41, 5.74) is 0.741. The highest BCUT2D eigenvalue weighted by molar-refractivity contribution is 5.71. The van der Waals surface area contributed by atoms with Gasteiger partial charge in [0.1, 0.15) is 17.9 Å². The van der Waals surface area contributed by atoms with Gasteiger partial charge in [-0.15, -0.1) is 0 Å². The van der Waals surface area contributed by atoms with Crippen molar-refractivity contribution in [2.45, 2.75) is 44.8 Å². The number of hydrogen-bond acceptors (Lipinski definition) is 6. The van der Waals surface area contributed by atoms with Gasteiger partial charge >= 0.3 is 6.18 Å². The van der Waals surface area contributed by atoms with Crippen LogP contribution < -0.4 is 9.80 Å². The molecule has 0 atom stereocenters. The Kier molecular flexibility index (Phi) is 5.76. The molecule has 1 spiro atoms. The minimum Gasteiger partial charge on any atom is -0.370 e. The van der Waals surface area contributed by atoms with Gasteiger partial charge in [-0.25, -0.2) is 23.4 Å². The van der Waals surface area contributed by atoms with Gasteiger partial charge < -0.3 is 9.80 Å². The molecule has 5 rings (SSSR count). The minimum absolute atomic E-state index is 0.136. The first kappa shape index (κ1) is 22.7. The summed E-state index contributed by atoms with van der Waals surface area (Å²) in [6.07, 6.45) is 2.14. The third-order valence-corrected chi connectivity index (χ3v) is 7.03. The van der Waals surface area contributed by atoms with Gasteiger partial charge in [0.15, 0.2) is 5.65 Å². The zero-order valence-electron chi connectivity index (χ0n) is 18.3. The van der Waals surface area contributed by atoms with E-state index in [1.165, 1.54) is 23.1 Å². The average molecular weight is 481 g/mol. The van der Waals surface area contributed by atoms with Crippen molar-refractivity contribution >= 4 is 22.7 Å². The molecule has 0 bridgehead atoms. The quantitative estimate of drug-likeness (QED) is 0.515. The second-order valence-electron chi connectivity index (χ2n) is 9.06. The van der Waals surface area contributed by atoms with E-state index in [1.807, 2.05) is 4.90 Å². The van der Waals surface area contributed by atoms with Crippen molar-refractivity contribution in [1.82, 2.24) is 24.7 Å². The first-order valence-corrected chi connectivity index (χ1v) is 11.2. The van der Waals surface area contributed by atoms with E-state index in [2.05, 4.69) is 25.0 Å². The number of fused-ring (bicyclic) bond motifs is 1. The molecule has 0 amide bonds. The van der Waals surface area contributed by atoms with E-state index < -0.39 is 24.7 Å². The van der Waals surface area contributed by atoms with E-state index >= 15 is 0 Å². The van der Waals surface area contributed by atoms with Crippen LogP contribution in [0, 0.1) is 5.41 Å². The maximum atomic E-state index is 13.0. The molecule has 0 N–H and O–H groups in total. The molecule has 7 nitrogen and oxygen atoms in total. The Morgan fingerprint density at radius 1 is 0.912 bits per heavy atom. The number of alkyl halides is 5. The van der Waals surface area contributed by atoms with Crippen LogP contribution in [0.4, 0.5) is 33.5 Å². The van der Waals surface area contributed by atoms with Crippen molar-refractivity contribution in [3.05, 3.63) is 36.4 Å². The number of pyridine rings is 1. The van der Waals surface area contributed by atoms with E-state index in [1.54, 1.807) is 6.20 Å². The number of halogens is 5. The predicted octanol–water partition coefficient (Wildman–Crippen LogP) is 4.39. The summed E-state index contributed by atoms with van der Waals surface area (Å²) < 4.78 is 65.9. The van der Waals surface area contributed by atoms with Crippen molar-refractivity contribution in [1.29, 1.82) is 0 Å². The van der Waals surface area contributed by atoms with Crippen molar-refractivity contribution in [3.8, 4) is 0 Å². The Labute approximate surface area is 192 Å². The first-order valence-electron chi connectivity index (χ1n) is 11.2. The van der Waals surface area contributed by atoms with Crippen LogP contribution in [-0.2, 0) is 12.7 Å². The van der Waals surface area contributed by atoms with E-state index in [9.17, 15) is 22.0 Å². The Balaban J connectivity index is 1.22. The molecule has 3 aromatic rings. The maximum absolute atomic E-state index is 13.0. The SMILES string of the molecule is FC(F)Cn1ncc2ncc(N3CCC4(CCN(c5cncc(C(F)(F)F)c5)CC4)CC3)nc21. The van der Waals surface area contributed by atoms with Crippen LogP contribution in [0.1, 0.15) is 31.2 Å². The van der Waals surface area contributed by atoms with Crippen LogP contribution >= 0.6 is 0 Å². The molecule has 0 unspecified atom stereocenters. The van der Waals surface area contributed by atoms with Crippen molar-refractivity contribution in [3.63, 3.8) is 0 Å². The van der Waals surface area contributed by atoms with Gasteiger partial charge in [0, 0.05) is 32.4 Å².